The topological polar surface area (TPSA) is 92.4 Å². The number of amides is 3. The minimum Gasteiger partial charge on any atom is -0.495 e. The van der Waals surface area contributed by atoms with E-state index in [1.54, 1.807) is 37.3 Å². The van der Waals surface area contributed by atoms with Gasteiger partial charge in [0.15, 0.2) is 5.13 Å². The van der Waals surface area contributed by atoms with E-state index in [-0.39, 0.29) is 5.91 Å². The molecule has 3 N–H and O–H groups in total. The second kappa shape index (κ2) is 8.93. The van der Waals surface area contributed by atoms with E-state index >= 15 is 0 Å². The normalized spacial score (nSPS) is 10.3. The van der Waals surface area contributed by atoms with Crippen LogP contribution in [0, 0.1) is 13.8 Å². The minimum atomic E-state index is -0.434. The zero-order valence-corrected chi connectivity index (χ0v) is 17.6. The van der Waals surface area contributed by atoms with Crippen LogP contribution >= 0.6 is 22.9 Å². The Morgan fingerprint density at radius 1 is 1.00 bits per heavy atom. The van der Waals surface area contributed by atoms with Gasteiger partial charge < -0.3 is 15.4 Å². The molecule has 0 spiro atoms. The van der Waals surface area contributed by atoms with Crippen LogP contribution in [-0.2, 0) is 0 Å². The average molecular weight is 431 g/mol. The third kappa shape index (κ3) is 5.24. The molecule has 0 aliphatic heterocycles. The number of thiazole rings is 1. The molecule has 0 radical (unpaired) electrons. The molecular weight excluding hydrogens is 412 g/mol. The summed E-state index contributed by atoms with van der Waals surface area (Å²) >= 11 is 7.17. The summed E-state index contributed by atoms with van der Waals surface area (Å²) in [6, 6.07) is 11.9. The molecule has 0 bridgehead atoms. The van der Waals surface area contributed by atoms with E-state index in [1.165, 1.54) is 7.11 Å². The molecule has 0 unspecified atom stereocenters. The van der Waals surface area contributed by atoms with Crippen LogP contribution in [0.25, 0.3) is 0 Å². The molecule has 9 heteroatoms. The average Bonchev–Trinajstić information content (AvgIpc) is 3.04. The van der Waals surface area contributed by atoms with E-state index in [2.05, 4.69) is 20.9 Å². The largest absolute Gasteiger partial charge is 0.495 e. The Bertz CT molecular complexity index is 1050. The van der Waals surface area contributed by atoms with Crippen molar-refractivity contribution in [2.75, 3.05) is 23.1 Å². The molecule has 0 aliphatic rings. The van der Waals surface area contributed by atoms with Crippen molar-refractivity contribution < 1.29 is 14.3 Å². The van der Waals surface area contributed by atoms with E-state index < -0.39 is 6.03 Å². The number of carbonyl (C=O) groups is 2. The third-order valence-electron chi connectivity index (χ3n) is 3.94. The number of aromatic nitrogens is 1. The van der Waals surface area contributed by atoms with Gasteiger partial charge in [0, 0.05) is 11.4 Å². The fourth-order valence-corrected chi connectivity index (χ4v) is 3.60. The van der Waals surface area contributed by atoms with Crippen molar-refractivity contribution in [3.8, 4) is 5.75 Å². The van der Waals surface area contributed by atoms with Crippen LogP contribution in [-0.4, -0.2) is 24.0 Å². The van der Waals surface area contributed by atoms with Crippen LogP contribution in [0.3, 0.4) is 0 Å². The van der Waals surface area contributed by atoms with Gasteiger partial charge in [-0.1, -0.05) is 40.6 Å². The monoisotopic (exact) mass is 430 g/mol. The molecule has 3 rings (SSSR count). The predicted molar refractivity (Wildman–Crippen MR) is 117 cm³/mol. The molecule has 7 nitrogen and oxygen atoms in total. The van der Waals surface area contributed by atoms with E-state index in [0.717, 1.165) is 16.9 Å². The van der Waals surface area contributed by atoms with Gasteiger partial charge in [0.25, 0.3) is 5.91 Å². The predicted octanol–water partition coefficient (Wildman–Crippen LogP) is 5.32. The molecule has 0 atom stereocenters. The van der Waals surface area contributed by atoms with Crippen LogP contribution in [0.5, 0.6) is 5.75 Å². The second-order valence-corrected chi connectivity index (χ2v) is 7.59. The highest BCUT2D eigenvalue weighted by atomic mass is 35.5. The van der Waals surface area contributed by atoms with Crippen molar-refractivity contribution in [1.82, 2.24) is 4.98 Å². The van der Waals surface area contributed by atoms with Crippen molar-refractivity contribution in [2.24, 2.45) is 0 Å². The summed E-state index contributed by atoms with van der Waals surface area (Å²) in [5.74, 6) is 0.179. The van der Waals surface area contributed by atoms with Crippen LogP contribution in [0.2, 0.25) is 5.02 Å². The number of rotatable bonds is 5. The summed E-state index contributed by atoms with van der Waals surface area (Å²) in [6.07, 6.45) is 0. The summed E-state index contributed by atoms with van der Waals surface area (Å²) in [7, 11) is 1.52. The number of carbonyl (C=O) groups excluding carboxylic acids is 2. The minimum absolute atomic E-state index is 0.324. The van der Waals surface area contributed by atoms with E-state index in [1.807, 2.05) is 19.1 Å². The summed E-state index contributed by atoms with van der Waals surface area (Å²) in [4.78, 5) is 29.4. The first kappa shape index (κ1) is 20.6. The van der Waals surface area contributed by atoms with Crippen molar-refractivity contribution in [2.45, 2.75) is 13.8 Å². The zero-order valence-electron chi connectivity index (χ0n) is 16.0. The maximum Gasteiger partial charge on any atom is 0.325 e. The van der Waals surface area contributed by atoms with Crippen molar-refractivity contribution >= 4 is 51.4 Å². The number of hydrogen-bond acceptors (Lipinski definition) is 5. The lowest BCUT2D eigenvalue weighted by molar-refractivity contribution is 0.102. The number of methoxy groups -OCH3 is 1. The first-order valence-corrected chi connectivity index (χ1v) is 9.82. The number of hydrogen-bond donors (Lipinski definition) is 3. The van der Waals surface area contributed by atoms with Gasteiger partial charge in [-0.05, 0) is 44.2 Å². The molecule has 1 heterocycles. The molecule has 29 heavy (non-hydrogen) atoms. The first-order valence-electron chi connectivity index (χ1n) is 8.62. The molecule has 150 valence electrons. The number of urea groups is 1. The molecule has 0 fully saturated rings. The van der Waals surface area contributed by atoms with Gasteiger partial charge in [0.2, 0.25) is 0 Å². The van der Waals surface area contributed by atoms with Crippen molar-refractivity contribution in [3.05, 3.63) is 63.6 Å². The van der Waals surface area contributed by atoms with Crippen LogP contribution in [0.4, 0.5) is 21.3 Å². The SMILES string of the molecule is COc1ccc(NC(=O)c2sc(NC(=O)Nc3ccc(C)cc3)nc2C)cc1Cl. The number of nitrogens with one attached hydrogen (secondary N) is 3. The van der Waals surface area contributed by atoms with Crippen LogP contribution in [0.15, 0.2) is 42.5 Å². The Morgan fingerprint density at radius 3 is 2.34 bits per heavy atom. The standard InChI is InChI=1S/C20H19ClN4O3S/c1-11-4-6-13(7-5-11)24-19(27)25-20-22-12(2)17(29-20)18(26)23-14-8-9-16(28-3)15(21)10-14/h4-10H,1-3H3,(H,23,26)(H2,22,24,25,27). The highest BCUT2D eigenvalue weighted by Gasteiger charge is 2.17. The molecule has 3 aromatic rings. The van der Waals surface area contributed by atoms with Gasteiger partial charge in [-0.3, -0.25) is 10.1 Å². The van der Waals surface area contributed by atoms with Gasteiger partial charge in [-0.15, -0.1) is 0 Å². The molecule has 0 saturated heterocycles. The highest BCUT2D eigenvalue weighted by molar-refractivity contribution is 7.17. The lowest BCUT2D eigenvalue weighted by Gasteiger charge is -2.07. The lowest BCUT2D eigenvalue weighted by atomic mass is 10.2. The molecular formula is C20H19ClN4O3S. The number of aryl methyl sites for hydroxylation is 2. The Hall–Kier alpha value is -3.10. The second-order valence-electron chi connectivity index (χ2n) is 6.18. The highest BCUT2D eigenvalue weighted by Crippen LogP contribution is 2.29. The van der Waals surface area contributed by atoms with Gasteiger partial charge >= 0.3 is 6.03 Å². The van der Waals surface area contributed by atoms with Crippen LogP contribution in [0.1, 0.15) is 20.9 Å². The van der Waals surface area contributed by atoms with Gasteiger partial charge in [-0.25, -0.2) is 9.78 Å². The Morgan fingerprint density at radius 2 is 1.69 bits per heavy atom. The van der Waals surface area contributed by atoms with Gasteiger partial charge in [0.05, 0.1) is 17.8 Å². The fraction of sp³-hybridized carbons (Fsp3) is 0.150. The third-order valence-corrected chi connectivity index (χ3v) is 5.31. The van der Waals surface area contributed by atoms with E-state index in [0.29, 0.717) is 37.8 Å². The number of halogens is 1. The van der Waals surface area contributed by atoms with E-state index in [9.17, 15) is 9.59 Å². The zero-order chi connectivity index (χ0) is 21.0. The number of ether oxygens (including phenoxy) is 1. The van der Waals surface area contributed by atoms with Gasteiger partial charge in [0.1, 0.15) is 10.6 Å². The Kier molecular flexibility index (Phi) is 6.36. The Balaban J connectivity index is 1.65. The summed E-state index contributed by atoms with van der Waals surface area (Å²) in [6.45, 7) is 3.67. The number of benzene rings is 2. The smallest absolute Gasteiger partial charge is 0.325 e. The molecule has 1 aromatic heterocycles. The Labute approximate surface area is 177 Å². The maximum atomic E-state index is 12.6. The first-order chi connectivity index (χ1) is 13.9. The molecule has 0 aliphatic carbocycles. The molecule has 0 saturated carbocycles. The molecule has 3 amide bonds. The van der Waals surface area contributed by atoms with Crippen molar-refractivity contribution in [3.63, 3.8) is 0 Å². The fourth-order valence-electron chi connectivity index (χ4n) is 2.49. The maximum absolute atomic E-state index is 12.6. The van der Waals surface area contributed by atoms with E-state index in [4.69, 9.17) is 16.3 Å². The number of anilines is 3. The summed E-state index contributed by atoms with van der Waals surface area (Å²) < 4.78 is 5.10. The van der Waals surface area contributed by atoms with Crippen LogP contribution < -0.4 is 20.7 Å². The molecule has 2 aromatic carbocycles. The van der Waals surface area contributed by atoms with Crippen molar-refractivity contribution in [1.29, 1.82) is 0 Å². The quantitative estimate of drug-likeness (QED) is 0.510. The summed E-state index contributed by atoms with van der Waals surface area (Å²) in [5, 5.41) is 8.85. The van der Waals surface area contributed by atoms with Gasteiger partial charge in [-0.2, -0.15) is 0 Å². The summed E-state index contributed by atoms with van der Waals surface area (Å²) in [5.41, 5.74) is 2.80. The number of nitrogens with zero attached hydrogens (tertiary/aromatic N) is 1. The lowest BCUT2D eigenvalue weighted by Crippen LogP contribution is -2.19.